The Labute approximate surface area is 174 Å². The van der Waals surface area contributed by atoms with Gasteiger partial charge in [0, 0.05) is 36.7 Å². The quantitative estimate of drug-likeness (QED) is 0.768. The van der Waals surface area contributed by atoms with Crippen molar-refractivity contribution in [2.75, 3.05) is 27.2 Å². The first-order chi connectivity index (χ1) is 14.0. The zero-order valence-electron chi connectivity index (χ0n) is 17.8. The van der Waals surface area contributed by atoms with E-state index in [-0.39, 0.29) is 23.7 Å². The first-order valence-electron chi connectivity index (χ1n) is 11.2. The van der Waals surface area contributed by atoms with Gasteiger partial charge in [-0.25, -0.2) is 9.82 Å². The van der Waals surface area contributed by atoms with Crippen molar-refractivity contribution in [1.29, 1.82) is 0 Å². The Balaban J connectivity index is 1.40. The Kier molecular flexibility index (Phi) is 6.52. The summed E-state index contributed by atoms with van der Waals surface area (Å²) >= 11 is 0. The third kappa shape index (κ3) is 4.81. The van der Waals surface area contributed by atoms with Gasteiger partial charge >= 0.3 is 0 Å². The predicted molar refractivity (Wildman–Crippen MR) is 113 cm³/mol. The summed E-state index contributed by atoms with van der Waals surface area (Å²) in [5, 5.41) is 0. The molecule has 2 aliphatic heterocycles. The predicted octanol–water partition coefficient (Wildman–Crippen LogP) is 2.70. The summed E-state index contributed by atoms with van der Waals surface area (Å²) in [5.74, 6) is 0.529. The molecule has 2 heterocycles. The van der Waals surface area contributed by atoms with E-state index >= 15 is 0 Å². The summed E-state index contributed by atoms with van der Waals surface area (Å²) in [6, 6.07) is 6.34. The fourth-order valence-corrected chi connectivity index (χ4v) is 5.59. The molecule has 2 saturated heterocycles. The highest BCUT2D eigenvalue weighted by molar-refractivity contribution is 5.79. The molecule has 6 heteroatoms. The van der Waals surface area contributed by atoms with Gasteiger partial charge in [-0.05, 0) is 70.3 Å². The number of fused-ring (bicyclic) bond motifs is 1. The Hall–Kier alpha value is -1.50. The zero-order chi connectivity index (χ0) is 20.4. The van der Waals surface area contributed by atoms with Gasteiger partial charge in [0.15, 0.2) is 0 Å². The number of likely N-dealkylation sites (N-methyl/N-ethyl adjacent to an activating group) is 2. The second-order valence-corrected chi connectivity index (χ2v) is 9.40. The minimum Gasteiger partial charge on any atom is -0.302 e. The highest BCUT2D eigenvalue weighted by Crippen LogP contribution is 2.35. The van der Waals surface area contributed by atoms with Crippen LogP contribution in [0, 0.1) is 17.7 Å². The van der Waals surface area contributed by atoms with Crippen molar-refractivity contribution >= 4 is 5.91 Å². The molecule has 1 amide bonds. The number of carbonyl (C=O) groups excluding carboxylic acids is 1. The van der Waals surface area contributed by atoms with E-state index in [0.29, 0.717) is 18.5 Å². The molecule has 0 radical (unpaired) electrons. The summed E-state index contributed by atoms with van der Waals surface area (Å²) < 4.78 is 14.5. The van der Waals surface area contributed by atoms with Crippen LogP contribution in [0.3, 0.4) is 0 Å². The average Bonchev–Trinajstić information content (AvgIpc) is 3.11. The SMILES string of the molecule is CN(Cc1cc(CC2NNC(=O)C3CCCCC23)ccc1F)C[C@H]1CCCN1C. The molecule has 5 nitrogen and oxygen atoms in total. The first-order valence-corrected chi connectivity index (χ1v) is 11.2. The molecule has 1 aromatic carbocycles. The molecular weight excluding hydrogens is 367 g/mol. The zero-order valence-corrected chi connectivity index (χ0v) is 17.8. The Morgan fingerprint density at radius 3 is 2.83 bits per heavy atom. The van der Waals surface area contributed by atoms with E-state index in [1.807, 2.05) is 12.1 Å². The number of halogens is 1. The van der Waals surface area contributed by atoms with Gasteiger partial charge in [-0.3, -0.25) is 10.2 Å². The molecule has 1 aliphatic carbocycles. The van der Waals surface area contributed by atoms with Crippen LogP contribution in [0.5, 0.6) is 0 Å². The molecule has 29 heavy (non-hydrogen) atoms. The van der Waals surface area contributed by atoms with Crippen molar-refractivity contribution in [3.63, 3.8) is 0 Å². The van der Waals surface area contributed by atoms with E-state index in [2.05, 4.69) is 34.7 Å². The second-order valence-electron chi connectivity index (χ2n) is 9.40. The van der Waals surface area contributed by atoms with E-state index in [0.717, 1.165) is 49.9 Å². The third-order valence-corrected chi connectivity index (χ3v) is 7.25. The molecule has 2 N–H and O–H groups in total. The molecule has 1 aromatic rings. The largest absolute Gasteiger partial charge is 0.302 e. The van der Waals surface area contributed by atoms with Crippen molar-refractivity contribution in [1.82, 2.24) is 20.7 Å². The number of hydrogen-bond donors (Lipinski definition) is 2. The summed E-state index contributed by atoms with van der Waals surface area (Å²) in [5.41, 5.74) is 8.03. The Bertz CT molecular complexity index is 727. The molecule has 3 unspecified atom stereocenters. The number of benzene rings is 1. The smallest absolute Gasteiger partial charge is 0.237 e. The van der Waals surface area contributed by atoms with E-state index in [9.17, 15) is 9.18 Å². The van der Waals surface area contributed by atoms with E-state index in [1.165, 1.54) is 19.3 Å². The van der Waals surface area contributed by atoms with E-state index in [4.69, 9.17) is 0 Å². The highest BCUT2D eigenvalue weighted by atomic mass is 19.1. The minimum atomic E-state index is -0.124. The average molecular weight is 403 g/mol. The van der Waals surface area contributed by atoms with Crippen molar-refractivity contribution < 1.29 is 9.18 Å². The van der Waals surface area contributed by atoms with Gasteiger partial charge in [0.2, 0.25) is 5.91 Å². The van der Waals surface area contributed by atoms with Gasteiger partial charge in [-0.15, -0.1) is 0 Å². The number of hydrogen-bond acceptors (Lipinski definition) is 4. The maximum Gasteiger partial charge on any atom is 0.237 e. The lowest BCUT2D eigenvalue weighted by molar-refractivity contribution is -0.133. The summed E-state index contributed by atoms with van der Waals surface area (Å²) in [7, 11) is 4.27. The normalized spacial score (nSPS) is 30.4. The van der Waals surface area contributed by atoms with Crippen molar-refractivity contribution in [2.24, 2.45) is 11.8 Å². The molecule has 1 saturated carbocycles. The fourth-order valence-electron chi connectivity index (χ4n) is 5.59. The number of nitrogens with zero attached hydrogens (tertiary/aromatic N) is 2. The highest BCUT2D eigenvalue weighted by Gasteiger charge is 2.39. The van der Waals surface area contributed by atoms with Crippen molar-refractivity contribution in [3.05, 3.63) is 35.1 Å². The van der Waals surface area contributed by atoms with Crippen LogP contribution in [0.25, 0.3) is 0 Å². The number of hydrazine groups is 1. The van der Waals surface area contributed by atoms with Gasteiger partial charge in [-0.1, -0.05) is 25.0 Å². The second kappa shape index (κ2) is 9.11. The number of amides is 1. The van der Waals surface area contributed by atoms with Crippen LogP contribution in [0.15, 0.2) is 18.2 Å². The topological polar surface area (TPSA) is 47.6 Å². The van der Waals surface area contributed by atoms with Crippen LogP contribution in [-0.2, 0) is 17.8 Å². The van der Waals surface area contributed by atoms with Crippen LogP contribution in [0.2, 0.25) is 0 Å². The van der Waals surface area contributed by atoms with Crippen LogP contribution >= 0.6 is 0 Å². The summed E-state index contributed by atoms with van der Waals surface area (Å²) in [6.07, 6.45) is 7.73. The van der Waals surface area contributed by atoms with Crippen LogP contribution in [0.1, 0.15) is 49.7 Å². The minimum absolute atomic E-state index is 0.124. The number of likely N-dealkylation sites (tertiary alicyclic amines) is 1. The van der Waals surface area contributed by atoms with Crippen molar-refractivity contribution in [3.8, 4) is 0 Å². The van der Waals surface area contributed by atoms with E-state index in [1.54, 1.807) is 6.07 Å². The lowest BCUT2D eigenvalue weighted by Crippen LogP contribution is -2.60. The van der Waals surface area contributed by atoms with Gasteiger partial charge in [-0.2, -0.15) is 0 Å². The van der Waals surface area contributed by atoms with Crippen LogP contribution < -0.4 is 10.9 Å². The van der Waals surface area contributed by atoms with Crippen LogP contribution in [-0.4, -0.2) is 55.0 Å². The van der Waals surface area contributed by atoms with Crippen molar-refractivity contribution in [2.45, 2.75) is 63.6 Å². The number of rotatable bonds is 6. The van der Waals surface area contributed by atoms with Gasteiger partial charge in [0.05, 0.1) is 0 Å². The maximum absolute atomic E-state index is 14.5. The van der Waals surface area contributed by atoms with Gasteiger partial charge in [0.25, 0.3) is 0 Å². The Morgan fingerprint density at radius 2 is 2.03 bits per heavy atom. The molecule has 3 aliphatic rings. The molecule has 0 bridgehead atoms. The Morgan fingerprint density at radius 1 is 1.21 bits per heavy atom. The third-order valence-electron chi connectivity index (χ3n) is 7.25. The monoisotopic (exact) mass is 402 g/mol. The first kappa shape index (κ1) is 20.8. The standard InChI is InChI=1S/C23H35FN4O/c1-27(15-18-6-5-11-28(18)2)14-17-12-16(9-10-21(17)24)13-22-19-7-3-4-8-20(19)23(29)26-25-22/h9-10,12,18-20,22,25H,3-8,11,13-15H2,1-2H3,(H,26,29)/t18-,19?,20?,22?/m1/s1. The maximum atomic E-state index is 14.5. The lowest BCUT2D eigenvalue weighted by atomic mass is 9.72. The van der Waals surface area contributed by atoms with Gasteiger partial charge < -0.3 is 9.80 Å². The molecule has 4 rings (SSSR count). The molecule has 4 atom stereocenters. The fraction of sp³-hybridized carbons (Fsp3) is 0.696. The molecule has 160 valence electrons. The molecule has 3 fully saturated rings. The lowest BCUT2D eigenvalue weighted by Gasteiger charge is -2.41. The van der Waals surface area contributed by atoms with Crippen LogP contribution in [0.4, 0.5) is 4.39 Å². The molecular formula is C23H35FN4O. The number of nitrogens with one attached hydrogen (secondary N) is 2. The molecule has 0 aromatic heterocycles. The molecule has 0 spiro atoms. The number of carbonyl (C=O) groups is 1. The van der Waals surface area contributed by atoms with E-state index < -0.39 is 0 Å². The summed E-state index contributed by atoms with van der Waals surface area (Å²) in [6.45, 7) is 2.76. The summed E-state index contributed by atoms with van der Waals surface area (Å²) in [4.78, 5) is 16.8. The van der Waals surface area contributed by atoms with Gasteiger partial charge in [0.1, 0.15) is 5.82 Å².